The van der Waals surface area contributed by atoms with Crippen molar-refractivity contribution < 1.29 is 0 Å². The first kappa shape index (κ1) is 23.9. The standard InChI is InChI=1S/C34H34P2/c1-5-17-29(18-6-1)35(30-19-7-2-8-20-30)33-25-27-15-13-14-16-28(27)26-34(33)36(31-21-9-3-10-22-31)32-23-11-4-12-24-32/h1-12,17-24,33-34H,13-16,25-26H2. The summed E-state index contributed by atoms with van der Waals surface area (Å²) in [5.74, 6) is 0. The first-order chi connectivity index (χ1) is 17.9. The monoisotopic (exact) mass is 504 g/mol. The minimum absolute atomic E-state index is 0.472. The molecule has 0 saturated heterocycles. The maximum atomic E-state index is 2.40. The highest BCUT2D eigenvalue weighted by Gasteiger charge is 2.41. The van der Waals surface area contributed by atoms with Crippen LogP contribution in [0.25, 0.3) is 0 Å². The zero-order valence-electron chi connectivity index (χ0n) is 20.8. The van der Waals surface area contributed by atoms with Crippen LogP contribution in [0.4, 0.5) is 0 Å². The van der Waals surface area contributed by atoms with Crippen molar-refractivity contribution in [3.05, 3.63) is 132 Å². The van der Waals surface area contributed by atoms with Crippen molar-refractivity contribution in [3.63, 3.8) is 0 Å². The van der Waals surface area contributed by atoms with Gasteiger partial charge in [-0.05, 0) is 86.9 Å². The molecule has 0 heterocycles. The molecule has 2 unspecified atom stereocenters. The number of benzene rings is 4. The molecule has 0 aliphatic heterocycles. The van der Waals surface area contributed by atoms with Crippen LogP contribution in [0.5, 0.6) is 0 Å². The minimum Gasteiger partial charge on any atom is -0.0703 e. The van der Waals surface area contributed by atoms with Crippen molar-refractivity contribution >= 4 is 37.1 Å². The highest BCUT2D eigenvalue weighted by Crippen LogP contribution is 2.58. The van der Waals surface area contributed by atoms with Crippen LogP contribution in [0, 0.1) is 0 Å². The van der Waals surface area contributed by atoms with Gasteiger partial charge in [0.05, 0.1) is 0 Å². The summed E-state index contributed by atoms with van der Waals surface area (Å²) in [7, 11) is -0.944. The van der Waals surface area contributed by atoms with Gasteiger partial charge in [0.15, 0.2) is 0 Å². The Morgan fingerprint density at radius 1 is 0.389 bits per heavy atom. The van der Waals surface area contributed by atoms with Gasteiger partial charge >= 0.3 is 0 Å². The van der Waals surface area contributed by atoms with E-state index in [-0.39, 0.29) is 0 Å². The van der Waals surface area contributed by atoms with Crippen LogP contribution in [-0.4, -0.2) is 11.3 Å². The topological polar surface area (TPSA) is 0 Å². The van der Waals surface area contributed by atoms with E-state index in [0.29, 0.717) is 11.3 Å². The molecule has 4 aromatic rings. The van der Waals surface area contributed by atoms with Gasteiger partial charge in [-0.3, -0.25) is 0 Å². The van der Waals surface area contributed by atoms with Crippen molar-refractivity contribution in [2.75, 3.05) is 0 Å². The molecule has 6 rings (SSSR count). The highest BCUT2D eigenvalue weighted by molar-refractivity contribution is 7.77. The minimum atomic E-state index is -0.472. The average molecular weight is 505 g/mol. The van der Waals surface area contributed by atoms with E-state index < -0.39 is 15.8 Å². The van der Waals surface area contributed by atoms with Gasteiger partial charge in [-0.15, -0.1) is 0 Å². The molecule has 4 aromatic carbocycles. The van der Waals surface area contributed by atoms with Gasteiger partial charge in [0.25, 0.3) is 0 Å². The SMILES string of the molecule is c1ccc(P(c2ccccc2)C2CC3=C(CCCC3)CC2P(c2ccccc2)c2ccccc2)cc1. The van der Waals surface area contributed by atoms with Gasteiger partial charge < -0.3 is 0 Å². The summed E-state index contributed by atoms with van der Waals surface area (Å²) in [5, 5.41) is 6.13. The Labute approximate surface area is 219 Å². The third-order valence-electron chi connectivity index (χ3n) is 7.86. The third-order valence-corrected chi connectivity index (χ3v) is 13.9. The maximum Gasteiger partial charge on any atom is -0.00147 e. The van der Waals surface area contributed by atoms with Crippen molar-refractivity contribution in [2.45, 2.75) is 49.8 Å². The summed E-state index contributed by atoms with van der Waals surface area (Å²) in [6, 6.07) is 45.8. The lowest BCUT2D eigenvalue weighted by molar-refractivity contribution is 0.569. The van der Waals surface area contributed by atoms with Crippen LogP contribution >= 0.6 is 15.8 Å². The molecule has 0 radical (unpaired) electrons. The smallest absolute Gasteiger partial charge is 0.00147 e. The maximum absolute atomic E-state index is 2.40. The van der Waals surface area contributed by atoms with Crippen LogP contribution in [0.15, 0.2) is 132 Å². The lowest BCUT2D eigenvalue weighted by atomic mass is 9.82. The van der Waals surface area contributed by atoms with E-state index in [1.165, 1.54) is 59.7 Å². The van der Waals surface area contributed by atoms with E-state index in [4.69, 9.17) is 0 Å². The van der Waals surface area contributed by atoms with Gasteiger partial charge in [0.1, 0.15) is 0 Å². The van der Waals surface area contributed by atoms with Gasteiger partial charge in [-0.25, -0.2) is 0 Å². The van der Waals surface area contributed by atoms with Gasteiger partial charge in [-0.2, -0.15) is 0 Å². The number of rotatable bonds is 6. The zero-order chi connectivity index (χ0) is 24.2. The Kier molecular flexibility index (Phi) is 7.46. The molecule has 180 valence electrons. The van der Waals surface area contributed by atoms with Gasteiger partial charge in [0, 0.05) is 0 Å². The number of hydrogen-bond acceptors (Lipinski definition) is 0. The molecule has 2 aliphatic rings. The van der Waals surface area contributed by atoms with Crippen LogP contribution in [-0.2, 0) is 0 Å². The molecule has 2 heteroatoms. The molecule has 0 aromatic heterocycles. The highest BCUT2D eigenvalue weighted by atomic mass is 31.1. The van der Waals surface area contributed by atoms with Crippen LogP contribution in [0.3, 0.4) is 0 Å². The molecule has 0 spiro atoms. The largest absolute Gasteiger partial charge is 0.0703 e. The molecule has 0 saturated carbocycles. The van der Waals surface area contributed by atoms with Crippen LogP contribution in [0.2, 0.25) is 0 Å². The fraction of sp³-hybridized carbons (Fsp3) is 0.235. The van der Waals surface area contributed by atoms with Crippen molar-refractivity contribution in [2.24, 2.45) is 0 Å². The molecule has 0 nitrogen and oxygen atoms in total. The lowest BCUT2D eigenvalue weighted by Gasteiger charge is -2.45. The molecule has 0 fully saturated rings. The second-order valence-corrected chi connectivity index (χ2v) is 14.9. The van der Waals surface area contributed by atoms with Crippen LogP contribution < -0.4 is 21.2 Å². The zero-order valence-corrected chi connectivity index (χ0v) is 22.6. The van der Waals surface area contributed by atoms with Gasteiger partial charge in [0.2, 0.25) is 0 Å². The molecular weight excluding hydrogens is 470 g/mol. The van der Waals surface area contributed by atoms with E-state index in [1.54, 1.807) is 11.1 Å². The van der Waals surface area contributed by atoms with E-state index in [9.17, 15) is 0 Å². The van der Waals surface area contributed by atoms with Crippen LogP contribution in [0.1, 0.15) is 38.5 Å². The average Bonchev–Trinajstić information content (AvgIpc) is 2.96. The molecule has 36 heavy (non-hydrogen) atoms. The molecule has 2 atom stereocenters. The summed E-state index contributed by atoms with van der Waals surface area (Å²) in [6.07, 6.45) is 7.93. The molecule has 0 bridgehead atoms. The fourth-order valence-electron chi connectivity index (χ4n) is 6.25. The lowest BCUT2D eigenvalue weighted by Crippen LogP contribution is -2.38. The van der Waals surface area contributed by atoms with Gasteiger partial charge in [-0.1, -0.05) is 132 Å². The van der Waals surface area contributed by atoms with Crippen molar-refractivity contribution in [1.82, 2.24) is 0 Å². The summed E-state index contributed by atoms with van der Waals surface area (Å²) in [6.45, 7) is 0. The second kappa shape index (κ2) is 11.3. The summed E-state index contributed by atoms with van der Waals surface area (Å²) < 4.78 is 0. The number of hydrogen-bond donors (Lipinski definition) is 0. The first-order valence-corrected chi connectivity index (χ1v) is 16.2. The Hall–Kier alpha value is -2.52. The van der Waals surface area contributed by atoms with Crippen molar-refractivity contribution in [1.29, 1.82) is 0 Å². The quantitative estimate of drug-likeness (QED) is 0.187. The van der Waals surface area contributed by atoms with E-state index in [1.807, 2.05) is 0 Å². The van der Waals surface area contributed by atoms with Crippen molar-refractivity contribution in [3.8, 4) is 0 Å². The Morgan fingerprint density at radius 2 is 0.667 bits per heavy atom. The predicted octanol–water partition coefficient (Wildman–Crippen LogP) is 7.65. The Balaban J connectivity index is 1.53. The molecule has 0 N–H and O–H groups in total. The Morgan fingerprint density at radius 3 is 0.944 bits per heavy atom. The normalized spacial score (nSPS) is 19.9. The molecule has 2 aliphatic carbocycles. The van der Waals surface area contributed by atoms with E-state index in [2.05, 4.69) is 121 Å². The second-order valence-electron chi connectivity index (χ2n) is 10.0. The molecular formula is C34H34P2. The number of allylic oxidation sites excluding steroid dienone is 2. The summed E-state index contributed by atoms with van der Waals surface area (Å²) in [5.41, 5.74) is 4.90. The summed E-state index contributed by atoms with van der Waals surface area (Å²) in [4.78, 5) is 0. The van der Waals surface area contributed by atoms with E-state index >= 15 is 0 Å². The fourth-order valence-corrected chi connectivity index (χ4v) is 12.9. The predicted molar refractivity (Wildman–Crippen MR) is 160 cm³/mol. The molecule has 0 amide bonds. The summed E-state index contributed by atoms with van der Waals surface area (Å²) >= 11 is 0. The first-order valence-electron chi connectivity index (χ1n) is 13.4. The third kappa shape index (κ3) is 5.00. The Bertz CT molecular complexity index is 1100. The van der Waals surface area contributed by atoms with E-state index in [0.717, 1.165) is 0 Å².